The van der Waals surface area contributed by atoms with E-state index in [1.165, 1.54) is 24.3 Å². The summed E-state index contributed by atoms with van der Waals surface area (Å²) in [7, 11) is 1.63. The van der Waals surface area contributed by atoms with E-state index >= 15 is 0 Å². The van der Waals surface area contributed by atoms with Gasteiger partial charge in [0.05, 0.1) is 12.3 Å². The maximum Gasteiger partial charge on any atom is 0.410 e. The van der Waals surface area contributed by atoms with Crippen molar-refractivity contribution in [1.29, 1.82) is 0 Å². The molecule has 0 saturated carbocycles. The van der Waals surface area contributed by atoms with Gasteiger partial charge in [-0.25, -0.2) is 24.8 Å². The van der Waals surface area contributed by atoms with E-state index in [0.717, 1.165) is 0 Å². The number of carbonyl (C=O) groups is 2. The highest BCUT2D eigenvalue weighted by molar-refractivity contribution is 6.04. The summed E-state index contributed by atoms with van der Waals surface area (Å²) in [6, 6.07) is 15.8. The average molecular weight is 636 g/mol. The lowest BCUT2D eigenvalue weighted by atomic mass is 10.0. The summed E-state index contributed by atoms with van der Waals surface area (Å²) >= 11 is 0. The normalized spacial score (nSPS) is 14.0. The van der Waals surface area contributed by atoms with Crippen molar-refractivity contribution in [2.75, 3.05) is 48.9 Å². The van der Waals surface area contributed by atoms with Crippen LogP contribution in [0.5, 0.6) is 0 Å². The molecule has 0 radical (unpaired) electrons. The summed E-state index contributed by atoms with van der Waals surface area (Å²) in [5.41, 5.74) is 4.61. The summed E-state index contributed by atoms with van der Waals surface area (Å²) < 4.78 is 24.4. The number of halogens is 1. The molecule has 46 heavy (non-hydrogen) atoms. The van der Waals surface area contributed by atoms with Crippen molar-refractivity contribution in [3.05, 3.63) is 72.0 Å². The van der Waals surface area contributed by atoms with Gasteiger partial charge in [-0.3, -0.25) is 0 Å². The number of piperidine rings is 1. The molecule has 0 unspecified atom stereocenters. The molecule has 7 N–H and O–H groups in total. The topological polar surface area (TPSA) is 172 Å². The average Bonchev–Trinajstić information content (AvgIpc) is 3.02. The number of hydrogen-bond acceptors (Lipinski definition) is 9. The van der Waals surface area contributed by atoms with Gasteiger partial charge >= 0.3 is 12.1 Å². The predicted octanol–water partition coefficient (Wildman–Crippen LogP) is 4.47. The Morgan fingerprint density at radius 1 is 1.07 bits per heavy atom. The van der Waals surface area contributed by atoms with E-state index in [9.17, 15) is 14.0 Å². The van der Waals surface area contributed by atoms with Gasteiger partial charge in [0.1, 0.15) is 17.2 Å². The number of aromatic nitrogens is 1. The quantitative estimate of drug-likeness (QED) is 0.0984. The molecule has 0 bridgehead atoms. The van der Waals surface area contributed by atoms with Gasteiger partial charge in [-0.05, 0) is 63.9 Å². The number of benzene rings is 2. The van der Waals surface area contributed by atoms with Gasteiger partial charge in [-0.15, -0.1) is 0 Å². The third-order valence-corrected chi connectivity index (χ3v) is 7.28. The van der Waals surface area contributed by atoms with E-state index in [4.69, 9.17) is 26.1 Å². The number of nitrogens with zero attached hydrogens (tertiary/aromatic N) is 4. The van der Waals surface area contributed by atoms with Crippen molar-refractivity contribution in [2.24, 2.45) is 16.8 Å². The van der Waals surface area contributed by atoms with Gasteiger partial charge in [0, 0.05) is 61.4 Å². The molecule has 0 aliphatic carbocycles. The molecule has 3 amide bonds. The Bertz CT molecular complexity index is 1520. The van der Waals surface area contributed by atoms with E-state index in [1.54, 1.807) is 30.2 Å². The number of nitrogens with two attached hydrogens (primary N) is 2. The fourth-order valence-corrected chi connectivity index (χ4v) is 5.16. The van der Waals surface area contributed by atoms with Crippen LogP contribution in [0.3, 0.4) is 0 Å². The third-order valence-electron chi connectivity index (χ3n) is 7.28. The number of hydrogen-bond donors (Lipinski definition) is 5. The minimum atomic E-state index is -0.584. The summed E-state index contributed by atoms with van der Waals surface area (Å²) in [4.78, 5) is 34.7. The SMILES string of the molecule is COCCN(c1cc(NC(=O)Nc2ccc(F)cc2)cc(-c2ccccc2/C(=N/N)NN)n1)C1CCN(C(=O)OC(C)(C)C)CC1. The summed E-state index contributed by atoms with van der Waals surface area (Å²) in [6.45, 7) is 7.48. The smallest absolute Gasteiger partial charge is 0.410 e. The molecule has 1 aliphatic rings. The molecule has 13 nitrogen and oxygen atoms in total. The molecule has 1 fully saturated rings. The first-order valence-electron chi connectivity index (χ1n) is 14.9. The van der Waals surface area contributed by atoms with Crippen LogP contribution >= 0.6 is 0 Å². The third kappa shape index (κ3) is 9.05. The second kappa shape index (κ2) is 15.4. The molecular formula is C32H42FN9O4. The highest BCUT2D eigenvalue weighted by atomic mass is 19.1. The van der Waals surface area contributed by atoms with E-state index in [2.05, 4.69) is 26.1 Å². The van der Waals surface area contributed by atoms with Gasteiger partial charge in [-0.1, -0.05) is 24.3 Å². The van der Waals surface area contributed by atoms with E-state index < -0.39 is 17.4 Å². The van der Waals surface area contributed by atoms with E-state index in [0.29, 0.717) is 73.1 Å². The van der Waals surface area contributed by atoms with Gasteiger partial charge in [0.25, 0.3) is 0 Å². The van der Waals surface area contributed by atoms with Crippen molar-refractivity contribution in [3.8, 4) is 11.3 Å². The first kappa shape index (κ1) is 33.9. The molecular weight excluding hydrogens is 593 g/mol. The molecule has 3 aromatic rings. The van der Waals surface area contributed by atoms with Crippen LogP contribution in [0.1, 0.15) is 39.2 Å². The highest BCUT2D eigenvalue weighted by Crippen LogP contribution is 2.31. The number of pyridine rings is 1. The number of amidine groups is 1. The van der Waals surface area contributed by atoms with Gasteiger partial charge in [0.15, 0.2) is 5.84 Å². The molecule has 14 heteroatoms. The minimum absolute atomic E-state index is 0.0135. The Kier molecular flexibility index (Phi) is 11.3. The largest absolute Gasteiger partial charge is 0.444 e. The number of urea groups is 1. The van der Waals surface area contributed by atoms with Crippen LogP contribution in [0.4, 0.5) is 31.2 Å². The predicted molar refractivity (Wildman–Crippen MR) is 177 cm³/mol. The number of rotatable bonds is 9. The van der Waals surface area contributed by atoms with Crippen LogP contribution in [0.15, 0.2) is 65.8 Å². The molecule has 4 rings (SSSR count). The molecule has 246 valence electrons. The van der Waals surface area contributed by atoms with Crippen LogP contribution in [-0.2, 0) is 9.47 Å². The maximum atomic E-state index is 13.4. The number of hydrazine groups is 1. The summed E-state index contributed by atoms with van der Waals surface area (Å²) in [5, 5.41) is 9.38. The van der Waals surface area contributed by atoms with Crippen molar-refractivity contribution in [2.45, 2.75) is 45.3 Å². The number of likely N-dealkylation sites (tertiary alicyclic amines) is 1. The number of ether oxygens (including phenoxy) is 2. The van der Waals surface area contributed by atoms with Crippen LogP contribution < -0.4 is 32.6 Å². The second-order valence-electron chi connectivity index (χ2n) is 11.7. The molecule has 0 atom stereocenters. The zero-order chi connectivity index (χ0) is 33.3. The number of methoxy groups -OCH3 is 1. The molecule has 1 saturated heterocycles. The van der Waals surface area contributed by atoms with Gasteiger partial charge in [-0.2, -0.15) is 5.10 Å². The molecule has 2 heterocycles. The molecule has 2 aromatic carbocycles. The lowest BCUT2D eigenvalue weighted by Gasteiger charge is -2.39. The van der Waals surface area contributed by atoms with Crippen molar-refractivity contribution in [1.82, 2.24) is 15.3 Å². The van der Waals surface area contributed by atoms with Crippen LogP contribution in [0, 0.1) is 5.82 Å². The Morgan fingerprint density at radius 3 is 2.37 bits per heavy atom. The van der Waals surface area contributed by atoms with Crippen molar-refractivity contribution < 1.29 is 23.5 Å². The van der Waals surface area contributed by atoms with Crippen LogP contribution in [0.25, 0.3) is 11.3 Å². The summed E-state index contributed by atoms with van der Waals surface area (Å²) in [6.07, 6.45) is 0.997. The summed E-state index contributed by atoms with van der Waals surface area (Å²) in [5.74, 6) is 11.7. The lowest BCUT2D eigenvalue weighted by molar-refractivity contribution is 0.0203. The zero-order valence-corrected chi connectivity index (χ0v) is 26.5. The van der Waals surface area contributed by atoms with Gasteiger partial charge in [0.2, 0.25) is 0 Å². The van der Waals surface area contributed by atoms with Crippen LogP contribution in [0.2, 0.25) is 0 Å². The standard InChI is InChI=1S/C32H42FN9O4/c1-32(2,3)46-31(44)41-15-13-24(14-16-41)42(17-18-45-4)28-20-23(37-30(43)36-22-11-9-21(33)10-12-22)19-27(38-28)25-7-5-6-8-26(25)29(39-34)40-35/h5-12,19-20,24H,13-18,34-35H2,1-4H3,(H,39,40)(H2,36,37,38,43). The molecule has 1 aromatic heterocycles. The fourth-order valence-electron chi connectivity index (χ4n) is 5.16. The molecule has 0 spiro atoms. The van der Waals surface area contributed by atoms with Crippen LogP contribution in [-0.4, -0.2) is 72.8 Å². The number of nitrogens with one attached hydrogen (secondary N) is 3. The first-order chi connectivity index (χ1) is 22.0. The number of amides is 3. The van der Waals surface area contributed by atoms with E-state index in [-0.39, 0.29) is 18.0 Å². The minimum Gasteiger partial charge on any atom is -0.444 e. The fraction of sp³-hybridized carbons (Fsp3) is 0.375. The number of hydrazone groups is 1. The van der Waals surface area contributed by atoms with Gasteiger partial charge < -0.3 is 41.2 Å². The van der Waals surface area contributed by atoms with Crippen molar-refractivity contribution >= 4 is 35.2 Å². The first-order valence-corrected chi connectivity index (χ1v) is 14.9. The van der Waals surface area contributed by atoms with E-state index in [1.807, 2.05) is 39.0 Å². The van der Waals surface area contributed by atoms with Crippen molar-refractivity contribution in [3.63, 3.8) is 0 Å². The zero-order valence-electron chi connectivity index (χ0n) is 26.5. The number of carbonyl (C=O) groups excluding carboxylic acids is 2. The Balaban J connectivity index is 1.70. The highest BCUT2D eigenvalue weighted by Gasteiger charge is 2.30. The monoisotopic (exact) mass is 635 g/mol. The second-order valence-corrected chi connectivity index (χ2v) is 11.7. The Morgan fingerprint density at radius 2 is 1.74 bits per heavy atom. The lowest BCUT2D eigenvalue weighted by Crippen LogP contribution is -2.49. The Labute approximate surface area is 268 Å². The number of anilines is 3. The maximum absolute atomic E-state index is 13.4. The molecule has 1 aliphatic heterocycles. The Hall–Kier alpha value is -4.95.